The molecule has 1 amide bonds. The molecule has 6 nitrogen and oxygen atoms in total. The first kappa shape index (κ1) is 17.9. The van der Waals surface area contributed by atoms with Gasteiger partial charge in [-0.05, 0) is 24.7 Å². The summed E-state index contributed by atoms with van der Waals surface area (Å²) >= 11 is 0. The highest BCUT2D eigenvalue weighted by molar-refractivity contribution is 7.90. The van der Waals surface area contributed by atoms with E-state index in [1.165, 1.54) is 6.26 Å². The molecule has 0 radical (unpaired) electrons. The summed E-state index contributed by atoms with van der Waals surface area (Å²) in [6.45, 7) is 3.97. The summed E-state index contributed by atoms with van der Waals surface area (Å²) in [5.41, 5.74) is 1.05. The van der Waals surface area contributed by atoms with Crippen LogP contribution in [-0.4, -0.2) is 70.7 Å². The van der Waals surface area contributed by atoms with Gasteiger partial charge in [0.15, 0.2) is 9.84 Å². The van der Waals surface area contributed by atoms with Gasteiger partial charge >= 0.3 is 0 Å². The first-order chi connectivity index (χ1) is 10.8. The molecule has 1 aliphatic heterocycles. The molecule has 7 heteroatoms. The van der Waals surface area contributed by atoms with Gasteiger partial charge in [-0.3, -0.25) is 9.69 Å². The van der Waals surface area contributed by atoms with Gasteiger partial charge in [-0.2, -0.15) is 0 Å². The lowest BCUT2D eigenvalue weighted by molar-refractivity contribution is -0.125. The predicted molar refractivity (Wildman–Crippen MR) is 89.9 cm³/mol. The molecule has 0 bridgehead atoms. The maximum absolute atomic E-state index is 12.0. The van der Waals surface area contributed by atoms with Crippen molar-refractivity contribution in [2.24, 2.45) is 5.92 Å². The Morgan fingerprint density at radius 3 is 2.43 bits per heavy atom. The van der Waals surface area contributed by atoms with Gasteiger partial charge in [0.05, 0.1) is 10.8 Å². The highest BCUT2D eigenvalue weighted by atomic mass is 32.2. The van der Waals surface area contributed by atoms with Crippen molar-refractivity contribution < 1.29 is 13.2 Å². The number of rotatable bonds is 4. The molecular formula is C16H25N3O3S. The predicted octanol–water partition coefficient (Wildman–Crippen LogP) is 0.200. The minimum Gasteiger partial charge on any atom is -0.359 e. The zero-order valence-electron chi connectivity index (χ0n) is 13.9. The maximum atomic E-state index is 12.0. The smallest absolute Gasteiger partial charge is 0.225 e. The molecule has 1 fully saturated rings. The van der Waals surface area contributed by atoms with Gasteiger partial charge in [0, 0.05) is 46.0 Å². The van der Waals surface area contributed by atoms with Crippen molar-refractivity contribution in [1.29, 1.82) is 0 Å². The van der Waals surface area contributed by atoms with Crippen molar-refractivity contribution in [3.05, 3.63) is 29.8 Å². The Bertz CT molecular complexity index is 643. The summed E-state index contributed by atoms with van der Waals surface area (Å²) in [4.78, 5) is 16.7. The highest BCUT2D eigenvalue weighted by Gasteiger charge is 2.25. The van der Waals surface area contributed by atoms with E-state index < -0.39 is 9.84 Å². The summed E-state index contributed by atoms with van der Waals surface area (Å²) < 4.78 is 23.0. The van der Waals surface area contributed by atoms with Gasteiger partial charge in [-0.15, -0.1) is 0 Å². The molecule has 1 aromatic carbocycles. The summed E-state index contributed by atoms with van der Waals surface area (Å²) in [5.74, 6) is 0.0129. The number of nitrogens with zero attached hydrogens (tertiary/aromatic N) is 2. The molecule has 1 heterocycles. The topological polar surface area (TPSA) is 69.7 Å². The number of sulfone groups is 1. The second-order valence-electron chi connectivity index (χ2n) is 6.22. The van der Waals surface area contributed by atoms with Crippen molar-refractivity contribution in [2.45, 2.75) is 11.4 Å². The minimum atomic E-state index is -3.16. The monoisotopic (exact) mass is 339 g/mol. The number of hydrogen-bond acceptors (Lipinski definition) is 5. The Hall–Kier alpha value is -1.44. The number of amides is 1. The second kappa shape index (κ2) is 7.42. The van der Waals surface area contributed by atoms with Crippen LogP contribution in [0.1, 0.15) is 5.56 Å². The third-order valence-electron chi connectivity index (χ3n) is 4.18. The van der Waals surface area contributed by atoms with Gasteiger partial charge in [-0.25, -0.2) is 8.42 Å². The molecule has 1 saturated heterocycles. The van der Waals surface area contributed by atoms with Crippen LogP contribution in [0.25, 0.3) is 0 Å². The zero-order valence-corrected chi connectivity index (χ0v) is 14.8. The Kier molecular flexibility index (Phi) is 5.78. The first-order valence-corrected chi connectivity index (χ1v) is 9.60. The molecule has 0 aliphatic carbocycles. The summed E-state index contributed by atoms with van der Waals surface area (Å²) in [6, 6.07) is 6.98. The normalized spacial score (nSPS) is 20.9. The van der Waals surface area contributed by atoms with Crippen molar-refractivity contribution in [3.8, 4) is 0 Å². The van der Waals surface area contributed by atoms with Crippen LogP contribution in [0, 0.1) is 5.92 Å². The fourth-order valence-corrected chi connectivity index (χ4v) is 3.48. The number of carbonyl (C=O) groups is 1. The van der Waals surface area contributed by atoms with Crippen molar-refractivity contribution in [2.75, 3.05) is 46.5 Å². The van der Waals surface area contributed by atoms with Crippen LogP contribution in [0.5, 0.6) is 0 Å². The van der Waals surface area contributed by atoms with Gasteiger partial charge in [-0.1, -0.05) is 12.1 Å². The van der Waals surface area contributed by atoms with E-state index in [1.807, 2.05) is 19.2 Å². The molecule has 2 rings (SSSR count). The number of likely N-dealkylation sites (N-methyl/N-ethyl adjacent to an activating group) is 1. The molecule has 128 valence electrons. The van der Waals surface area contributed by atoms with Crippen LogP contribution in [0.2, 0.25) is 0 Å². The Balaban J connectivity index is 2.07. The van der Waals surface area contributed by atoms with E-state index in [0.29, 0.717) is 18.0 Å². The van der Waals surface area contributed by atoms with E-state index in [4.69, 9.17) is 0 Å². The van der Waals surface area contributed by atoms with E-state index in [1.54, 1.807) is 19.2 Å². The zero-order chi connectivity index (χ0) is 17.0. The Labute approximate surface area is 138 Å². The van der Waals surface area contributed by atoms with Crippen LogP contribution in [0.15, 0.2) is 29.2 Å². The van der Waals surface area contributed by atoms with Crippen LogP contribution in [0.3, 0.4) is 0 Å². The summed E-state index contributed by atoms with van der Waals surface area (Å²) in [6.07, 6.45) is 1.21. The molecule has 23 heavy (non-hydrogen) atoms. The number of hydrogen-bond donors (Lipinski definition) is 1. The average molecular weight is 339 g/mol. The molecule has 1 aromatic rings. The fraction of sp³-hybridized carbons (Fsp3) is 0.562. The number of benzene rings is 1. The van der Waals surface area contributed by atoms with E-state index in [9.17, 15) is 13.2 Å². The Morgan fingerprint density at radius 2 is 1.87 bits per heavy atom. The number of nitrogens with one attached hydrogen (secondary N) is 1. The van der Waals surface area contributed by atoms with Gasteiger partial charge in [0.2, 0.25) is 5.91 Å². The van der Waals surface area contributed by atoms with Crippen LogP contribution < -0.4 is 5.32 Å². The fourth-order valence-electron chi connectivity index (χ4n) is 2.85. The van der Waals surface area contributed by atoms with Crippen LogP contribution in [0.4, 0.5) is 0 Å². The van der Waals surface area contributed by atoms with E-state index >= 15 is 0 Å². The van der Waals surface area contributed by atoms with Crippen LogP contribution in [-0.2, 0) is 21.2 Å². The quantitative estimate of drug-likeness (QED) is 0.849. The van der Waals surface area contributed by atoms with Crippen molar-refractivity contribution in [1.82, 2.24) is 15.1 Å². The standard InChI is InChI=1S/C16H25N3O3S/c1-17-16(20)14-11-18(2)8-9-19(12-14)10-13-4-6-15(7-5-13)23(3,21)22/h4-7,14H,8-12H2,1-3H3,(H,17,20)/t14-/m1/s1. The SMILES string of the molecule is CNC(=O)[C@@H]1CN(C)CCN(Cc2ccc(S(C)(=O)=O)cc2)C1. The van der Waals surface area contributed by atoms with Gasteiger partial charge < -0.3 is 10.2 Å². The summed E-state index contributed by atoms with van der Waals surface area (Å²) in [5, 5.41) is 2.73. The molecule has 1 atom stereocenters. The second-order valence-corrected chi connectivity index (χ2v) is 8.24. The minimum absolute atomic E-state index is 0.0530. The molecule has 0 aromatic heterocycles. The lowest BCUT2D eigenvalue weighted by Gasteiger charge is -2.23. The van der Waals surface area contributed by atoms with Crippen LogP contribution >= 0.6 is 0 Å². The highest BCUT2D eigenvalue weighted by Crippen LogP contribution is 2.15. The third-order valence-corrected chi connectivity index (χ3v) is 5.31. The average Bonchev–Trinajstić information content (AvgIpc) is 2.68. The maximum Gasteiger partial charge on any atom is 0.225 e. The van der Waals surface area contributed by atoms with E-state index in [2.05, 4.69) is 15.1 Å². The van der Waals surface area contributed by atoms with Gasteiger partial charge in [0.1, 0.15) is 0 Å². The largest absolute Gasteiger partial charge is 0.359 e. The first-order valence-electron chi connectivity index (χ1n) is 7.71. The molecule has 1 N–H and O–H groups in total. The van der Waals surface area contributed by atoms with E-state index in [-0.39, 0.29) is 11.8 Å². The lowest BCUT2D eigenvalue weighted by Crippen LogP contribution is -2.39. The third kappa shape index (κ3) is 5.02. The molecule has 0 unspecified atom stereocenters. The molecule has 0 spiro atoms. The molecule has 1 aliphatic rings. The van der Waals surface area contributed by atoms with Crippen molar-refractivity contribution in [3.63, 3.8) is 0 Å². The number of carbonyl (C=O) groups excluding carboxylic acids is 1. The van der Waals surface area contributed by atoms with Crippen molar-refractivity contribution >= 4 is 15.7 Å². The molecule has 0 saturated carbocycles. The van der Waals surface area contributed by atoms with Gasteiger partial charge in [0.25, 0.3) is 0 Å². The molecular weight excluding hydrogens is 314 g/mol. The lowest BCUT2D eigenvalue weighted by atomic mass is 10.1. The van der Waals surface area contributed by atoms with E-state index in [0.717, 1.165) is 25.2 Å². The Morgan fingerprint density at radius 1 is 1.22 bits per heavy atom. The summed E-state index contributed by atoms with van der Waals surface area (Å²) in [7, 11) is 0.534.